The van der Waals surface area contributed by atoms with E-state index in [1.807, 2.05) is 85.0 Å². The predicted molar refractivity (Wildman–Crippen MR) is 247 cm³/mol. The average molecular weight is 821 g/mol. The van der Waals surface area contributed by atoms with Gasteiger partial charge < -0.3 is 33.7 Å². The van der Waals surface area contributed by atoms with Crippen LogP contribution in [0.3, 0.4) is 0 Å². The highest BCUT2D eigenvalue weighted by Crippen LogP contribution is 2.40. The molecule has 0 spiro atoms. The van der Waals surface area contributed by atoms with Crippen molar-refractivity contribution in [3.8, 4) is 50.6 Å². The van der Waals surface area contributed by atoms with E-state index in [-0.39, 0.29) is 12.6 Å². The fraction of sp³-hybridized carbons (Fsp3) is 0.135. The molecule has 308 valence electrons. The number of fused-ring (bicyclic) bond motifs is 8. The SMILES string of the molecule is CCOC(=O)C1C=CC(c2c3nc(c(-c4cccc(OC)c4)c4ccc([nH]4)c(-c4cccc(OC)c4)c4nc(c(-c5cccc(OC)c5)c5ccc2[nH]5)C=C4)C=C3)=CC(OC)=C1. The van der Waals surface area contributed by atoms with Gasteiger partial charge in [-0.2, -0.15) is 0 Å². The molecular weight excluding hydrogens is 777 g/mol. The minimum absolute atomic E-state index is 0.267. The Morgan fingerprint density at radius 2 is 0.968 bits per heavy atom. The van der Waals surface area contributed by atoms with Gasteiger partial charge in [-0.25, -0.2) is 9.97 Å². The van der Waals surface area contributed by atoms with Crippen molar-refractivity contribution >= 4 is 57.9 Å². The highest BCUT2D eigenvalue weighted by molar-refractivity contribution is 6.00. The zero-order chi connectivity index (χ0) is 42.7. The molecule has 0 fully saturated rings. The lowest BCUT2D eigenvalue weighted by molar-refractivity contribution is -0.144. The molecule has 1 atom stereocenters. The Labute approximate surface area is 359 Å². The van der Waals surface area contributed by atoms with Gasteiger partial charge in [0, 0.05) is 44.3 Å². The van der Waals surface area contributed by atoms with Crippen molar-refractivity contribution in [1.82, 2.24) is 19.9 Å². The van der Waals surface area contributed by atoms with Crippen LogP contribution < -0.4 is 14.2 Å². The first-order valence-electron chi connectivity index (χ1n) is 20.3. The van der Waals surface area contributed by atoms with Gasteiger partial charge in [-0.15, -0.1) is 0 Å². The number of aromatic nitrogens is 4. The molecule has 1 aliphatic carbocycles. The highest BCUT2D eigenvalue weighted by atomic mass is 16.5. The molecule has 8 bridgehead atoms. The molecule has 1 unspecified atom stereocenters. The largest absolute Gasteiger partial charge is 0.497 e. The van der Waals surface area contributed by atoms with Crippen LogP contribution in [-0.2, 0) is 14.3 Å². The maximum atomic E-state index is 13.1. The van der Waals surface area contributed by atoms with E-state index in [0.29, 0.717) is 11.5 Å². The lowest BCUT2D eigenvalue weighted by Gasteiger charge is -2.09. The quantitative estimate of drug-likeness (QED) is 0.131. The molecule has 0 saturated carbocycles. The molecule has 10 nitrogen and oxygen atoms in total. The fourth-order valence-corrected chi connectivity index (χ4v) is 8.11. The minimum Gasteiger partial charge on any atom is -0.497 e. The summed E-state index contributed by atoms with van der Waals surface area (Å²) in [6.07, 6.45) is 15.6. The van der Waals surface area contributed by atoms with E-state index < -0.39 is 5.92 Å². The summed E-state index contributed by atoms with van der Waals surface area (Å²) >= 11 is 0. The maximum absolute atomic E-state index is 13.1. The molecule has 3 aromatic heterocycles. The summed E-state index contributed by atoms with van der Waals surface area (Å²) in [6, 6.07) is 32.3. The summed E-state index contributed by atoms with van der Waals surface area (Å²) in [7, 11) is 6.59. The van der Waals surface area contributed by atoms with Crippen LogP contribution in [0, 0.1) is 5.92 Å². The van der Waals surface area contributed by atoms with E-state index in [9.17, 15) is 4.79 Å². The van der Waals surface area contributed by atoms with Crippen molar-refractivity contribution in [2.24, 2.45) is 5.92 Å². The van der Waals surface area contributed by atoms with E-state index in [1.54, 1.807) is 41.4 Å². The van der Waals surface area contributed by atoms with E-state index in [0.717, 1.165) is 101 Å². The number of esters is 1. The van der Waals surface area contributed by atoms with Gasteiger partial charge in [0.15, 0.2) is 0 Å². The third kappa shape index (κ3) is 7.58. The molecule has 2 aliphatic heterocycles. The van der Waals surface area contributed by atoms with Gasteiger partial charge in [0.1, 0.15) is 23.0 Å². The number of ether oxygens (including phenoxy) is 5. The summed E-state index contributed by atoms with van der Waals surface area (Å²) in [5, 5.41) is 0. The Morgan fingerprint density at radius 3 is 1.37 bits per heavy atom. The van der Waals surface area contributed by atoms with Crippen LogP contribution in [0.1, 0.15) is 35.3 Å². The molecule has 9 rings (SSSR count). The number of nitrogens with one attached hydrogen (secondary N) is 2. The molecule has 5 heterocycles. The van der Waals surface area contributed by atoms with Gasteiger partial charge in [0.2, 0.25) is 0 Å². The third-order valence-electron chi connectivity index (χ3n) is 11.0. The molecular formula is C52H44N4O6. The number of benzene rings is 3. The number of allylic oxidation sites excluding steroid dienone is 3. The number of aromatic amines is 2. The Balaban J connectivity index is 1.44. The van der Waals surface area contributed by atoms with Crippen molar-refractivity contribution < 1.29 is 28.5 Å². The first-order chi connectivity index (χ1) is 30.4. The Morgan fingerprint density at radius 1 is 0.548 bits per heavy atom. The van der Waals surface area contributed by atoms with Gasteiger partial charge in [-0.05, 0) is 126 Å². The number of carbonyl (C=O) groups excluding carboxylic acids is 1. The summed E-state index contributed by atoms with van der Waals surface area (Å²) in [6.45, 7) is 2.06. The number of carbonyl (C=O) groups is 1. The van der Waals surface area contributed by atoms with Gasteiger partial charge in [0.05, 0.1) is 63.7 Å². The number of hydrogen-bond donors (Lipinski definition) is 2. The van der Waals surface area contributed by atoms with Crippen LogP contribution in [0.4, 0.5) is 0 Å². The topological polar surface area (TPSA) is 121 Å². The minimum atomic E-state index is -0.646. The normalized spacial score (nSPS) is 14.2. The van der Waals surface area contributed by atoms with Crippen molar-refractivity contribution in [2.45, 2.75) is 6.92 Å². The van der Waals surface area contributed by atoms with Gasteiger partial charge >= 0.3 is 5.97 Å². The smallest absolute Gasteiger partial charge is 0.316 e. The molecule has 0 saturated heterocycles. The second kappa shape index (κ2) is 17.0. The van der Waals surface area contributed by atoms with Crippen LogP contribution in [0.2, 0.25) is 0 Å². The number of H-pyrrole nitrogens is 2. The van der Waals surface area contributed by atoms with Gasteiger partial charge in [-0.1, -0.05) is 48.6 Å². The first-order valence-corrected chi connectivity index (χ1v) is 20.3. The highest BCUT2D eigenvalue weighted by Gasteiger charge is 2.23. The van der Waals surface area contributed by atoms with Crippen molar-refractivity contribution in [2.75, 3.05) is 35.0 Å². The lowest BCUT2D eigenvalue weighted by Crippen LogP contribution is -2.14. The zero-order valence-corrected chi connectivity index (χ0v) is 35.0. The van der Waals surface area contributed by atoms with Crippen molar-refractivity contribution in [3.05, 3.63) is 155 Å². The van der Waals surface area contributed by atoms with E-state index in [4.69, 9.17) is 33.7 Å². The number of rotatable bonds is 10. The van der Waals surface area contributed by atoms with Crippen molar-refractivity contribution in [3.63, 3.8) is 0 Å². The summed E-state index contributed by atoms with van der Waals surface area (Å²) in [4.78, 5) is 31.4. The first kappa shape index (κ1) is 39.6. The van der Waals surface area contributed by atoms with Crippen LogP contribution in [0.25, 0.3) is 85.3 Å². The van der Waals surface area contributed by atoms with Gasteiger partial charge in [-0.3, -0.25) is 4.79 Å². The van der Waals surface area contributed by atoms with Gasteiger partial charge in [0.25, 0.3) is 0 Å². The van der Waals surface area contributed by atoms with E-state index >= 15 is 0 Å². The van der Waals surface area contributed by atoms with Crippen molar-refractivity contribution in [1.29, 1.82) is 0 Å². The van der Waals surface area contributed by atoms with Crippen LogP contribution in [-0.4, -0.2) is 61.0 Å². The van der Waals surface area contributed by atoms with Crippen LogP contribution in [0.5, 0.6) is 17.2 Å². The molecule has 2 N–H and O–H groups in total. The zero-order valence-electron chi connectivity index (χ0n) is 35.0. The Hall–Kier alpha value is -7.85. The number of methoxy groups -OCH3 is 4. The lowest BCUT2D eigenvalue weighted by atomic mass is 10.0. The third-order valence-corrected chi connectivity index (χ3v) is 11.0. The molecule has 62 heavy (non-hydrogen) atoms. The average Bonchev–Trinajstić information content (AvgIpc) is 4.14. The Kier molecular flexibility index (Phi) is 10.9. The standard InChI is InChI=1S/C52H44N4O6/c1-6-62-52(57)35-17-16-34(29-39(30-35)61-5)51-46-24-22-44(55-46)49(32-11-8-14-37(27-32)59-3)42-20-18-40(53-42)48(31-10-7-13-36(26-31)58-2)41-19-21-43(54-41)50(45-23-25-47(51)56-45)33-12-9-15-38(28-33)60-4/h7-30,35,53,56H,6H2,1-5H3. The van der Waals surface area contributed by atoms with Crippen LogP contribution >= 0.6 is 0 Å². The predicted octanol–water partition coefficient (Wildman–Crippen LogP) is 11.3. The summed E-state index contributed by atoms with van der Waals surface area (Å²) in [5.41, 5.74) is 13.3. The van der Waals surface area contributed by atoms with Crippen LogP contribution in [0.15, 0.2) is 127 Å². The van der Waals surface area contributed by atoms with E-state index in [1.165, 1.54) is 0 Å². The molecule has 0 radical (unpaired) electrons. The van der Waals surface area contributed by atoms with E-state index in [2.05, 4.69) is 64.6 Å². The monoisotopic (exact) mass is 820 g/mol. The number of hydrogen-bond acceptors (Lipinski definition) is 8. The summed E-state index contributed by atoms with van der Waals surface area (Å²) in [5.74, 6) is 1.68. The fourth-order valence-electron chi connectivity index (χ4n) is 8.11. The molecule has 6 aromatic rings. The molecule has 3 aliphatic rings. The Bertz CT molecular complexity index is 3030. The molecule has 3 aromatic carbocycles. The summed E-state index contributed by atoms with van der Waals surface area (Å²) < 4.78 is 28.4. The molecule has 10 heteroatoms. The number of nitrogens with zero attached hydrogens (tertiary/aromatic N) is 2. The molecule has 0 amide bonds. The second-order valence-electron chi connectivity index (χ2n) is 14.7. The second-order valence-corrected chi connectivity index (χ2v) is 14.7. The maximum Gasteiger partial charge on any atom is 0.316 e.